The molecule has 0 fully saturated rings. The van der Waals surface area contributed by atoms with E-state index in [4.69, 9.17) is 10.2 Å². The van der Waals surface area contributed by atoms with Gasteiger partial charge in [0, 0.05) is 22.7 Å². The molecule has 0 aliphatic heterocycles. The van der Waals surface area contributed by atoms with Gasteiger partial charge in [0.05, 0.1) is 6.54 Å². The zero-order chi connectivity index (χ0) is 13.1. The summed E-state index contributed by atoms with van der Waals surface area (Å²) in [5.74, 6) is -1.78. The predicted molar refractivity (Wildman–Crippen MR) is 64.3 cm³/mol. The highest BCUT2D eigenvalue weighted by Gasteiger charge is 2.16. The normalized spacial score (nSPS) is 12.3. The Morgan fingerprint density at radius 3 is 2.83 bits per heavy atom. The minimum absolute atomic E-state index is 0.324. The number of fused-ring (bicyclic) bond motifs is 1. The largest absolute Gasteiger partial charge is 0.479 e. The van der Waals surface area contributed by atoms with Crippen LogP contribution in [-0.4, -0.2) is 39.7 Å². The molecule has 1 heterocycles. The minimum atomic E-state index is -1.60. The molecule has 6 nitrogen and oxygen atoms in total. The van der Waals surface area contributed by atoms with Gasteiger partial charge in [-0.1, -0.05) is 6.07 Å². The molecule has 0 aliphatic carbocycles. The zero-order valence-electron chi connectivity index (χ0n) is 9.38. The quantitative estimate of drug-likeness (QED) is 0.626. The van der Waals surface area contributed by atoms with Gasteiger partial charge in [-0.15, -0.1) is 0 Å². The van der Waals surface area contributed by atoms with Crippen LogP contribution in [0.5, 0.6) is 0 Å². The molecular weight excluding hydrogens is 236 g/mol. The Kier molecular flexibility index (Phi) is 3.29. The highest BCUT2D eigenvalue weighted by Crippen LogP contribution is 2.16. The maximum Gasteiger partial charge on any atom is 0.334 e. The average molecular weight is 248 g/mol. The van der Waals surface area contributed by atoms with Crippen molar-refractivity contribution in [2.24, 2.45) is 0 Å². The van der Waals surface area contributed by atoms with E-state index in [1.54, 1.807) is 24.4 Å². The minimum Gasteiger partial charge on any atom is -0.479 e. The SMILES string of the molecule is O=C(NC[C@H](O)C(=O)O)c1cccc2[nH]ccc12. The molecule has 2 rings (SSSR count). The molecule has 4 N–H and O–H groups in total. The van der Waals surface area contributed by atoms with E-state index in [0.29, 0.717) is 5.56 Å². The Morgan fingerprint density at radius 1 is 1.33 bits per heavy atom. The molecule has 0 bridgehead atoms. The molecule has 0 spiro atoms. The summed E-state index contributed by atoms with van der Waals surface area (Å²) in [5.41, 5.74) is 1.26. The monoisotopic (exact) mass is 248 g/mol. The molecule has 18 heavy (non-hydrogen) atoms. The Hall–Kier alpha value is -2.34. The lowest BCUT2D eigenvalue weighted by Crippen LogP contribution is -2.36. The first kappa shape index (κ1) is 12.1. The standard InChI is InChI=1S/C12H12N2O4/c15-10(12(17)18)6-14-11(16)8-2-1-3-9-7(8)4-5-13-9/h1-5,10,13,15H,6H2,(H,14,16)(H,17,18)/t10-/m0/s1. The number of aromatic nitrogens is 1. The van der Waals surface area contributed by atoms with Crippen LogP contribution in [0, 0.1) is 0 Å². The van der Waals surface area contributed by atoms with Crippen LogP contribution < -0.4 is 5.32 Å². The number of H-pyrrole nitrogens is 1. The third kappa shape index (κ3) is 2.33. The number of nitrogens with one attached hydrogen (secondary N) is 2. The van der Waals surface area contributed by atoms with Crippen molar-refractivity contribution in [2.75, 3.05) is 6.54 Å². The van der Waals surface area contributed by atoms with Crippen LogP contribution in [0.3, 0.4) is 0 Å². The van der Waals surface area contributed by atoms with E-state index in [-0.39, 0.29) is 6.54 Å². The summed E-state index contributed by atoms with van der Waals surface area (Å²) in [6.45, 7) is -0.324. The Morgan fingerprint density at radius 2 is 2.11 bits per heavy atom. The number of aliphatic hydroxyl groups is 1. The second kappa shape index (κ2) is 4.89. The number of carboxylic acids is 1. The maximum absolute atomic E-state index is 11.9. The molecule has 94 valence electrons. The molecule has 0 radical (unpaired) electrons. The first-order chi connectivity index (χ1) is 8.59. The van der Waals surface area contributed by atoms with Crippen molar-refractivity contribution in [1.29, 1.82) is 0 Å². The van der Waals surface area contributed by atoms with E-state index in [9.17, 15) is 9.59 Å². The van der Waals surface area contributed by atoms with Crippen molar-refractivity contribution in [3.63, 3.8) is 0 Å². The average Bonchev–Trinajstić information content (AvgIpc) is 2.83. The molecule has 0 saturated carbocycles. The number of aliphatic carboxylic acids is 1. The van der Waals surface area contributed by atoms with Crippen LogP contribution in [0.2, 0.25) is 0 Å². The van der Waals surface area contributed by atoms with Gasteiger partial charge in [-0.25, -0.2) is 4.79 Å². The van der Waals surface area contributed by atoms with Gasteiger partial charge in [0.25, 0.3) is 5.91 Å². The van der Waals surface area contributed by atoms with E-state index in [2.05, 4.69) is 10.3 Å². The molecule has 2 aromatic rings. The van der Waals surface area contributed by atoms with Gasteiger partial charge in [-0.05, 0) is 18.2 Å². The van der Waals surface area contributed by atoms with Crippen LogP contribution >= 0.6 is 0 Å². The number of rotatable bonds is 4. The van der Waals surface area contributed by atoms with Crippen LogP contribution in [0.15, 0.2) is 30.5 Å². The molecular formula is C12H12N2O4. The molecule has 1 aromatic carbocycles. The fourth-order valence-corrected chi connectivity index (χ4v) is 1.66. The second-order valence-corrected chi connectivity index (χ2v) is 3.81. The summed E-state index contributed by atoms with van der Waals surface area (Å²) in [4.78, 5) is 25.2. The van der Waals surface area contributed by atoms with Gasteiger partial charge < -0.3 is 20.5 Å². The second-order valence-electron chi connectivity index (χ2n) is 3.81. The van der Waals surface area contributed by atoms with Crippen molar-refractivity contribution < 1.29 is 19.8 Å². The van der Waals surface area contributed by atoms with Gasteiger partial charge in [-0.2, -0.15) is 0 Å². The fraction of sp³-hybridized carbons (Fsp3) is 0.167. The van der Waals surface area contributed by atoms with Crippen LogP contribution in [-0.2, 0) is 4.79 Å². The van der Waals surface area contributed by atoms with Crippen LogP contribution in [0.4, 0.5) is 0 Å². The van der Waals surface area contributed by atoms with E-state index < -0.39 is 18.0 Å². The van der Waals surface area contributed by atoms with Gasteiger partial charge in [-0.3, -0.25) is 4.79 Å². The molecule has 0 aliphatic rings. The smallest absolute Gasteiger partial charge is 0.334 e. The van der Waals surface area contributed by atoms with Gasteiger partial charge in [0.2, 0.25) is 0 Å². The molecule has 1 amide bonds. The molecule has 1 atom stereocenters. The first-order valence-electron chi connectivity index (χ1n) is 5.35. The predicted octanol–water partition coefficient (Wildman–Crippen LogP) is 0.343. The number of carbonyl (C=O) groups is 2. The summed E-state index contributed by atoms with van der Waals surface area (Å²) in [6, 6.07) is 6.95. The molecule has 0 saturated heterocycles. The third-order valence-corrected chi connectivity index (χ3v) is 2.58. The third-order valence-electron chi connectivity index (χ3n) is 2.58. The van der Waals surface area contributed by atoms with E-state index in [1.165, 1.54) is 0 Å². The number of amides is 1. The van der Waals surface area contributed by atoms with Crippen LogP contribution in [0.25, 0.3) is 10.9 Å². The summed E-state index contributed by atoms with van der Waals surface area (Å²) >= 11 is 0. The highest BCUT2D eigenvalue weighted by atomic mass is 16.4. The van der Waals surface area contributed by atoms with Crippen molar-refractivity contribution in [3.8, 4) is 0 Å². The number of carboxylic acid groups (broad SMARTS) is 1. The molecule has 1 aromatic heterocycles. The first-order valence-corrected chi connectivity index (χ1v) is 5.35. The van der Waals surface area contributed by atoms with E-state index in [1.807, 2.05) is 6.07 Å². The van der Waals surface area contributed by atoms with E-state index >= 15 is 0 Å². The van der Waals surface area contributed by atoms with Crippen molar-refractivity contribution in [2.45, 2.75) is 6.10 Å². The fourth-order valence-electron chi connectivity index (χ4n) is 1.66. The van der Waals surface area contributed by atoms with Gasteiger partial charge >= 0.3 is 5.97 Å². The molecule has 0 unspecified atom stereocenters. The van der Waals surface area contributed by atoms with Crippen molar-refractivity contribution in [1.82, 2.24) is 10.3 Å². The zero-order valence-corrected chi connectivity index (χ0v) is 9.38. The number of hydrogen-bond donors (Lipinski definition) is 4. The number of hydrogen-bond acceptors (Lipinski definition) is 3. The Balaban J connectivity index is 2.14. The number of benzene rings is 1. The van der Waals surface area contributed by atoms with Crippen LogP contribution in [0.1, 0.15) is 10.4 Å². The lowest BCUT2D eigenvalue weighted by atomic mass is 10.1. The van der Waals surface area contributed by atoms with E-state index in [0.717, 1.165) is 10.9 Å². The summed E-state index contributed by atoms with van der Waals surface area (Å²) < 4.78 is 0. The summed E-state index contributed by atoms with van der Waals surface area (Å²) in [7, 11) is 0. The lowest BCUT2D eigenvalue weighted by molar-refractivity contribution is -0.146. The Bertz CT molecular complexity index is 591. The summed E-state index contributed by atoms with van der Waals surface area (Å²) in [5, 5.41) is 20.7. The Labute approximate surface area is 102 Å². The maximum atomic E-state index is 11.9. The number of carbonyl (C=O) groups excluding carboxylic acids is 1. The molecule has 6 heteroatoms. The lowest BCUT2D eigenvalue weighted by Gasteiger charge is -2.08. The van der Waals surface area contributed by atoms with Crippen molar-refractivity contribution >= 4 is 22.8 Å². The number of aliphatic hydroxyl groups excluding tert-OH is 1. The topological polar surface area (TPSA) is 102 Å². The highest BCUT2D eigenvalue weighted by molar-refractivity contribution is 6.06. The number of aromatic amines is 1. The van der Waals surface area contributed by atoms with Gasteiger partial charge in [0.15, 0.2) is 6.10 Å². The van der Waals surface area contributed by atoms with Crippen molar-refractivity contribution in [3.05, 3.63) is 36.0 Å². The van der Waals surface area contributed by atoms with Gasteiger partial charge in [0.1, 0.15) is 0 Å². The summed E-state index contributed by atoms with van der Waals surface area (Å²) in [6.07, 6.45) is 0.118.